The molecule has 1 aromatic carbocycles. The number of hydrogen-bond acceptors (Lipinski definition) is 3. The predicted molar refractivity (Wildman–Crippen MR) is 101 cm³/mol. The number of rotatable bonds is 6. The first kappa shape index (κ1) is 20.2. The molecule has 0 saturated carbocycles. The third-order valence-corrected chi connectivity index (χ3v) is 4.91. The van der Waals surface area contributed by atoms with E-state index in [1.807, 2.05) is 24.3 Å². The molecule has 1 fully saturated rings. The smallest absolute Gasteiger partial charge is 0.224 e. The molecule has 0 aromatic heterocycles. The molecule has 6 nitrogen and oxygen atoms in total. The lowest BCUT2D eigenvalue weighted by Gasteiger charge is -2.34. The highest BCUT2D eigenvalue weighted by atomic mass is 35.5. The highest BCUT2D eigenvalue weighted by Crippen LogP contribution is 2.12. The van der Waals surface area contributed by atoms with Crippen LogP contribution in [0.3, 0.4) is 0 Å². The van der Waals surface area contributed by atoms with Crippen LogP contribution in [0.1, 0.15) is 25.8 Å². The Morgan fingerprint density at radius 2 is 1.69 bits per heavy atom. The van der Waals surface area contributed by atoms with Gasteiger partial charge in [-0.25, -0.2) is 0 Å². The zero-order valence-corrected chi connectivity index (χ0v) is 16.2. The zero-order chi connectivity index (χ0) is 19.1. The molecule has 7 heteroatoms. The molecule has 142 valence electrons. The van der Waals surface area contributed by atoms with Crippen molar-refractivity contribution < 1.29 is 14.4 Å². The second-order valence-electron chi connectivity index (χ2n) is 6.52. The monoisotopic (exact) mass is 379 g/mol. The van der Waals surface area contributed by atoms with Gasteiger partial charge in [0.15, 0.2) is 0 Å². The normalized spacial score (nSPS) is 14.3. The van der Waals surface area contributed by atoms with E-state index in [0.717, 1.165) is 5.56 Å². The molecule has 0 radical (unpaired) electrons. The van der Waals surface area contributed by atoms with Crippen molar-refractivity contribution in [1.29, 1.82) is 0 Å². The minimum absolute atomic E-state index is 0.0298. The van der Waals surface area contributed by atoms with Gasteiger partial charge in [-0.3, -0.25) is 14.4 Å². The Labute approximate surface area is 159 Å². The first-order valence-corrected chi connectivity index (χ1v) is 9.28. The van der Waals surface area contributed by atoms with Crippen LogP contribution in [0.2, 0.25) is 5.02 Å². The van der Waals surface area contributed by atoms with Crippen molar-refractivity contribution in [3.05, 3.63) is 34.9 Å². The molecule has 0 bridgehead atoms. The Bertz CT molecular complexity index is 657. The molecule has 1 heterocycles. The number of halogens is 1. The highest BCUT2D eigenvalue weighted by molar-refractivity contribution is 6.30. The van der Waals surface area contributed by atoms with Crippen molar-refractivity contribution in [3.8, 4) is 0 Å². The molecular formula is C19H26ClN3O3. The van der Waals surface area contributed by atoms with Crippen molar-refractivity contribution in [2.45, 2.75) is 26.7 Å². The molecule has 0 atom stereocenters. The van der Waals surface area contributed by atoms with E-state index in [1.165, 1.54) is 6.92 Å². The van der Waals surface area contributed by atoms with Gasteiger partial charge in [0.05, 0.1) is 0 Å². The number of benzene rings is 1. The zero-order valence-electron chi connectivity index (χ0n) is 15.4. The maximum Gasteiger partial charge on any atom is 0.224 e. The molecule has 0 unspecified atom stereocenters. The van der Waals surface area contributed by atoms with E-state index in [0.29, 0.717) is 57.1 Å². The van der Waals surface area contributed by atoms with E-state index < -0.39 is 0 Å². The summed E-state index contributed by atoms with van der Waals surface area (Å²) in [7, 11) is 0. The lowest BCUT2D eigenvalue weighted by Crippen LogP contribution is -2.50. The van der Waals surface area contributed by atoms with Gasteiger partial charge in [0.1, 0.15) is 0 Å². The lowest BCUT2D eigenvalue weighted by atomic mass is 10.1. The van der Waals surface area contributed by atoms with Crippen molar-refractivity contribution in [3.63, 3.8) is 0 Å². The summed E-state index contributed by atoms with van der Waals surface area (Å²) in [6, 6.07) is 7.57. The van der Waals surface area contributed by atoms with Crippen molar-refractivity contribution >= 4 is 29.3 Å². The summed E-state index contributed by atoms with van der Waals surface area (Å²) in [4.78, 5) is 40.8. The van der Waals surface area contributed by atoms with Gasteiger partial charge in [0.25, 0.3) is 0 Å². The Morgan fingerprint density at radius 1 is 1.04 bits per heavy atom. The third kappa shape index (κ3) is 6.02. The van der Waals surface area contributed by atoms with Crippen LogP contribution in [-0.4, -0.2) is 71.7 Å². The predicted octanol–water partition coefficient (Wildman–Crippen LogP) is 1.81. The topological polar surface area (TPSA) is 60.9 Å². The van der Waals surface area contributed by atoms with Crippen molar-refractivity contribution in [2.75, 3.05) is 39.3 Å². The van der Waals surface area contributed by atoms with Gasteiger partial charge < -0.3 is 14.7 Å². The van der Waals surface area contributed by atoms with E-state index in [2.05, 4.69) is 0 Å². The van der Waals surface area contributed by atoms with Gasteiger partial charge >= 0.3 is 0 Å². The Balaban J connectivity index is 1.80. The fourth-order valence-corrected chi connectivity index (χ4v) is 3.26. The van der Waals surface area contributed by atoms with Gasteiger partial charge in [-0.1, -0.05) is 23.7 Å². The standard InChI is InChI=1S/C19H26ClN3O3/c1-15(24)21(8-6-17-4-3-5-18(20)14-17)9-7-19(26)23-12-10-22(11-13-23)16(2)25/h3-5,14H,6-13H2,1-2H3. The summed E-state index contributed by atoms with van der Waals surface area (Å²) in [5.74, 6) is 0.0318. The molecule has 26 heavy (non-hydrogen) atoms. The number of carbonyl (C=O) groups excluding carboxylic acids is 3. The molecule has 1 aliphatic heterocycles. The van der Waals surface area contributed by atoms with E-state index in [9.17, 15) is 14.4 Å². The second kappa shape index (κ2) is 9.57. The fourth-order valence-electron chi connectivity index (χ4n) is 3.04. The molecule has 3 amide bonds. The molecule has 0 N–H and O–H groups in total. The first-order valence-electron chi connectivity index (χ1n) is 8.90. The summed E-state index contributed by atoms with van der Waals surface area (Å²) in [5, 5.41) is 0.678. The molecule has 1 aliphatic rings. The molecule has 2 rings (SSSR count). The maximum atomic E-state index is 12.4. The minimum Gasteiger partial charge on any atom is -0.342 e. The van der Waals surface area contributed by atoms with Crippen LogP contribution < -0.4 is 0 Å². The Kier molecular flexibility index (Phi) is 7.45. The van der Waals surface area contributed by atoms with Crippen LogP contribution in [0, 0.1) is 0 Å². The summed E-state index contributed by atoms with van der Waals surface area (Å²) in [5.41, 5.74) is 1.07. The number of amides is 3. The molecule has 1 saturated heterocycles. The number of nitrogens with zero attached hydrogens (tertiary/aromatic N) is 3. The fraction of sp³-hybridized carbons (Fsp3) is 0.526. The van der Waals surface area contributed by atoms with Gasteiger partial charge in [-0.15, -0.1) is 0 Å². The SMILES string of the molecule is CC(=O)N(CCC(=O)N1CCN(C(C)=O)CC1)CCc1cccc(Cl)c1. The minimum atomic E-state index is -0.0405. The summed E-state index contributed by atoms with van der Waals surface area (Å²) >= 11 is 5.99. The van der Waals surface area contributed by atoms with E-state index >= 15 is 0 Å². The number of hydrogen-bond donors (Lipinski definition) is 0. The van der Waals surface area contributed by atoms with Crippen molar-refractivity contribution in [2.24, 2.45) is 0 Å². The van der Waals surface area contributed by atoms with Crippen molar-refractivity contribution in [1.82, 2.24) is 14.7 Å². The average molecular weight is 380 g/mol. The van der Waals surface area contributed by atoms with E-state index in [-0.39, 0.29) is 17.7 Å². The number of piperazine rings is 1. The molecule has 1 aromatic rings. The van der Waals surface area contributed by atoms with Crippen LogP contribution in [0.25, 0.3) is 0 Å². The number of carbonyl (C=O) groups is 3. The first-order chi connectivity index (χ1) is 12.4. The van der Waals surface area contributed by atoms with Crippen LogP contribution in [-0.2, 0) is 20.8 Å². The third-order valence-electron chi connectivity index (χ3n) is 4.68. The summed E-state index contributed by atoms with van der Waals surface area (Å²) in [6.07, 6.45) is 1.00. The highest BCUT2D eigenvalue weighted by Gasteiger charge is 2.22. The summed E-state index contributed by atoms with van der Waals surface area (Å²) in [6.45, 7) is 6.29. The van der Waals surface area contributed by atoms with Crippen LogP contribution >= 0.6 is 11.6 Å². The van der Waals surface area contributed by atoms with E-state index in [4.69, 9.17) is 11.6 Å². The second-order valence-corrected chi connectivity index (χ2v) is 6.96. The summed E-state index contributed by atoms with van der Waals surface area (Å²) < 4.78 is 0. The Hall–Kier alpha value is -2.08. The molecular weight excluding hydrogens is 354 g/mol. The van der Waals surface area contributed by atoms with E-state index in [1.54, 1.807) is 21.6 Å². The molecule has 0 spiro atoms. The average Bonchev–Trinajstić information content (AvgIpc) is 2.61. The Morgan fingerprint density at radius 3 is 2.27 bits per heavy atom. The largest absolute Gasteiger partial charge is 0.342 e. The van der Waals surface area contributed by atoms with Crippen LogP contribution in [0.4, 0.5) is 0 Å². The van der Waals surface area contributed by atoms with Crippen LogP contribution in [0.15, 0.2) is 24.3 Å². The van der Waals surface area contributed by atoms with Gasteiger partial charge in [0, 0.05) is 64.6 Å². The van der Waals surface area contributed by atoms with Gasteiger partial charge in [-0.2, -0.15) is 0 Å². The maximum absolute atomic E-state index is 12.4. The van der Waals surface area contributed by atoms with Crippen LogP contribution in [0.5, 0.6) is 0 Å². The quantitative estimate of drug-likeness (QED) is 0.757. The van der Waals surface area contributed by atoms with Gasteiger partial charge in [0.2, 0.25) is 17.7 Å². The molecule has 0 aliphatic carbocycles. The van der Waals surface area contributed by atoms with Gasteiger partial charge in [-0.05, 0) is 24.1 Å². The lowest BCUT2D eigenvalue weighted by molar-refractivity contribution is -0.139.